The molecule has 1 N–H and O–H groups in total. The summed E-state index contributed by atoms with van der Waals surface area (Å²) in [6.07, 6.45) is 0. The van der Waals surface area contributed by atoms with Crippen molar-refractivity contribution in [3.8, 4) is 0 Å². The van der Waals surface area contributed by atoms with Crippen molar-refractivity contribution in [2.45, 2.75) is 31.7 Å². The Balaban J connectivity index is 2.38. The van der Waals surface area contributed by atoms with Gasteiger partial charge in [-0.3, -0.25) is 10.1 Å². The van der Waals surface area contributed by atoms with Gasteiger partial charge in [-0.1, -0.05) is 26.0 Å². The molecule has 0 spiro atoms. The van der Waals surface area contributed by atoms with E-state index in [4.69, 9.17) is 0 Å². The summed E-state index contributed by atoms with van der Waals surface area (Å²) < 4.78 is 39.5. The summed E-state index contributed by atoms with van der Waals surface area (Å²) in [7, 11) is -3.80. The number of halogens is 1. The van der Waals surface area contributed by atoms with Gasteiger partial charge < -0.3 is 5.32 Å². The highest BCUT2D eigenvalue weighted by atomic mass is 32.2. The largest absolute Gasteiger partial charge is 0.373 e. The number of hydrogen-bond donors (Lipinski definition) is 1. The van der Waals surface area contributed by atoms with Crippen LogP contribution >= 0.6 is 0 Å². The number of nitrogens with zero attached hydrogens (tertiary/aromatic N) is 2. The van der Waals surface area contributed by atoms with Crippen molar-refractivity contribution in [3.05, 3.63) is 64.0 Å². The van der Waals surface area contributed by atoms with Crippen LogP contribution < -0.4 is 5.32 Å². The van der Waals surface area contributed by atoms with Crippen LogP contribution in [0.4, 0.5) is 15.8 Å². The molecule has 146 valence electrons. The Morgan fingerprint density at radius 3 is 2.26 bits per heavy atom. The lowest BCUT2D eigenvalue weighted by atomic mass is 10.1. The molecule has 0 fully saturated rings. The predicted octanol–water partition coefficient (Wildman–Crippen LogP) is 3.94. The first-order chi connectivity index (χ1) is 12.7. The second-order valence-corrected chi connectivity index (χ2v) is 7.88. The van der Waals surface area contributed by atoms with Crippen molar-refractivity contribution in [1.82, 2.24) is 4.31 Å². The van der Waals surface area contributed by atoms with Gasteiger partial charge in [-0.25, -0.2) is 12.8 Å². The Kier molecular flexibility index (Phi) is 6.50. The quantitative estimate of drug-likeness (QED) is 0.540. The molecule has 0 saturated carbocycles. The molecule has 0 aliphatic rings. The molecule has 9 heteroatoms. The maximum Gasteiger partial charge on any atom is 0.293 e. The second-order valence-electron chi connectivity index (χ2n) is 5.94. The van der Waals surface area contributed by atoms with E-state index in [9.17, 15) is 22.9 Å². The van der Waals surface area contributed by atoms with Gasteiger partial charge in [0, 0.05) is 25.2 Å². The minimum Gasteiger partial charge on any atom is -0.373 e. The number of nitro groups is 1. The number of nitro benzene ring substituents is 1. The summed E-state index contributed by atoms with van der Waals surface area (Å²) in [4.78, 5) is 10.7. The van der Waals surface area contributed by atoms with Crippen molar-refractivity contribution >= 4 is 21.4 Å². The molecular formula is C18H22FN3O4S. The molecule has 0 aromatic heterocycles. The van der Waals surface area contributed by atoms with Gasteiger partial charge in [0.05, 0.1) is 9.82 Å². The standard InChI is InChI=1S/C18H22FN3O4S/c1-4-21(5-2)27(25,26)16-10-11-17(18(12-16)22(23)24)20-13(3)14-6-8-15(19)9-7-14/h6-13,20H,4-5H2,1-3H3/t13-/m1/s1. The van der Waals surface area contributed by atoms with Crippen LogP contribution in [0.3, 0.4) is 0 Å². The molecule has 0 saturated heterocycles. The van der Waals surface area contributed by atoms with Crippen molar-refractivity contribution in [2.24, 2.45) is 0 Å². The Bertz CT molecular complexity index is 913. The van der Waals surface area contributed by atoms with Crippen LogP contribution in [-0.4, -0.2) is 30.7 Å². The van der Waals surface area contributed by atoms with Crippen LogP contribution in [0.15, 0.2) is 47.4 Å². The second kappa shape index (κ2) is 8.45. The molecule has 0 radical (unpaired) electrons. The van der Waals surface area contributed by atoms with Crippen LogP contribution in [0.2, 0.25) is 0 Å². The first-order valence-electron chi connectivity index (χ1n) is 8.51. The fourth-order valence-electron chi connectivity index (χ4n) is 2.73. The van der Waals surface area contributed by atoms with Crippen LogP contribution in [0.25, 0.3) is 0 Å². The van der Waals surface area contributed by atoms with Gasteiger partial charge in [0.1, 0.15) is 11.5 Å². The highest BCUT2D eigenvalue weighted by molar-refractivity contribution is 7.89. The fraction of sp³-hybridized carbons (Fsp3) is 0.333. The molecule has 1 atom stereocenters. The van der Waals surface area contributed by atoms with Gasteiger partial charge >= 0.3 is 0 Å². The van der Waals surface area contributed by atoms with E-state index in [2.05, 4.69) is 5.32 Å². The molecule has 0 aliphatic carbocycles. The topological polar surface area (TPSA) is 92.6 Å². The fourth-order valence-corrected chi connectivity index (χ4v) is 4.20. The maximum absolute atomic E-state index is 13.1. The van der Waals surface area contributed by atoms with Gasteiger partial charge in [0.2, 0.25) is 10.0 Å². The lowest BCUT2D eigenvalue weighted by molar-refractivity contribution is -0.384. The Morgan fingerprint density at radius 1 is 1.15 bits per heavy atom. The summed E-state index contributed by atoms with van der Waals surface area (Å²) in [5, 5.41) is 14.5. The van der Waals surface area contributed by atoms with E-state index in [0.717, 1.165) is 11.6 Å². The Morgan fingerprint density at radius 2 is 1.74 bits per heavy atom. The zero-order chi connectivity index (χ0) is 20.2. The minimum atomic E-state index is -3.80. The Hall–Kier alpha value is -2.52. The lowest BCUT2D eigenvalue weighted by Gasteiger charge is -2.19. The third kappa shape index (κ3) is 4.61. The Labute approximate surface area is 158 Å². The van der Waals surface area contributed by atoms with Crippen LogP contribution in [-0.2, 0) is 10.0 Å². The molecule has 0 unspecified atom stereocenters. The number of hydrogen-bond acceptors (Lipinski definition) is 5. The number of sulfonamides is 1. The van der Waals surface area contributed by atoms with E-state index in [1.807, 2.05) is 0 Å². The van der Waals surface area contributed by atoms with E-state index in [1.54, 1.807) is 32.9 Å². The predicted molar refractivity (Wildman–Crippen MR) is 102 cm³/mol. The monoisotopic (exact) mass is 395 g/mol. The normalized spacial score (nSPS) is 12.8. The van der Waals surface area contributed by atoms with E-state index >= 15 is 0 Å². The molecule has 2 rings (SSSR count). The average Bonchev–Trinajstić information content (AvgIpc) is 2.63. The summed E-state index contributed by atoms with van der Waals surface area (Å²) in [6, 6.07) is 9.23. The third-order valence-corrected chi connectivity index (χ3v) is 6.30. The molecule has 2 aromatic rings. The summed E-state index contributed by atoms with van der Waals surface area (Å²) in [5.41, 5.74) is 0.595. The van der Waals surface area contributed by atoms with Gasteiger partial charge in [0.15, 0.2) is 0 Å². The lowest BCUT2D eigenvalue weighted by Crippen LogP contribution is -2.30. The SMILES string of the molecule is CCN(CC)S(=O)(=O)c1ccc(N[C@H](C)c2ccc(F)cc2)c([N+](=O)[O-])c1. The molecule has 7 nitrogen and oxygen atoms in total. The molecule has 0 heterocycles. The van der Waals surface area contributed by atoms with Crippen LogP contribution in [0.5, 0.6) is 0 Å². The molecular weight excluding hydrogens is 373 g/mol. The molecule has 0 bridgehead atoms. The molecule has 0 aliphatic heterocycles. The highest BCUT2D eigenvalue weighted by Crippen LogP contribution is 2.31. The van der Waals surface area contributed by atoms with Crippen LogP contribution in [0.1, 0.15) is 32.4 Å². The molecule has 2 aromatic carbocycles. The van der Waals surface area contributed by atoms with Crippen molar-refractivity contribution in [3.63, 3.8) is 0 Å². The van der Waals surface area contributed by atoms with E-state index in [1.165, 1.54) is 28.6 Å². The first kappa shape index (κ1) is 20.8. The summed E-state index contributed by atoms with van der Waals surface area (Å²) in [6.45, 7) is 5.73. The third-order valence-electron chi connectivity index (χ3n) is 4.25. The number of benzene rings is 2. The maximum atomic E-state index is 13.1. The zero-order valence-corrected chi connectivity index (χ0v) is 16.2. The molecule has 27 heavy (non-hydrogen) atoms. The van der Waals surface area contributed by atoms with E-state index in [-0.39, 0.29) is 41.2 Å². The zero-order valence-electron chi connectivity index (χ0n) is 15.3. The smallest absolute Gasteiger partial charge is 0.293 e. The van der Waals surface area contributed by atoms with Crippen LogP contribution in [0, 0.1) is 15.9 Å². The number of anilines is 1. The summed E-state index contributed by atoms with van der Waals surface area (Å²) in [5.74, 6) is -0.372. The van der Waals surface area contributed by atoms with Crippen molar-refractivity contribution < 1.29 is 17.7 Å². The van der Waals surface area contributed by atoms with Gasteiger partial charge in [-0.2, -0.15) is 4.31 Å². The van der Waals surface area contributed by atoms with E-state index < -0.39 is 14.9 Å². The molecule has 0 amide bonds. The number of nitrogens with one attached hydrogen (secondary N) is 1. The van der Waals surface area contributed by atoms with Gasteiger partial charge in [0.25, 0.3) is 5.69 Å². The van der Waals surface area contributed by atoms with Crippen molar-refractivity contribution in [2.75, 3.05) is 18.4 Å². The van der Waals surface area contributed by atoms with Gasteiger partial charge in [-0.05, 0) is 36.8 Å². The van der Waals surface area contributed by atoms with E-state index in [0.29, 0.717) is 0 Å². The summed E-state index contributed by atoms with van der Waals surface area (Å²) >= 11 is 0. The van der Waals surface area contributed by atoms with Gasteiger partial charge in [-0.15, -0.1) is 0 Å². The number of rotatable bonds is 8. The highest BCUT2D eigenvalue weighted by Gasteiger charge is 2.26. The van der Waals surface area contributed by atoms with Crippen molar-refractivity contribution in [1.29, 1.82) is 0 Å². The average molecular weight is 395 g/mol. The first-order valence-corrected chi connectivity index (χ1v) is 9.95. The minimum absolute atomic E-state index is 0.127.